The maximum atomic E-state index is 11.4. The van der Waals surface area contributed by atoms with E-state index in [4.69, 9.17) is 0 Å². The van der Waals surface area contributed by atoms with E-state index in [0.717, 1.165) is 31.8 Å². The third-order valence-electron chi connectivity index (χ3n) is 5.13. The SMILES string of the molecule is CCC1CCCC1N1CCC(CC)(C(=O)O)C1. The highest BCUT2D eigenvalue weighted by Crippen LogP contribution is 2.40. The van der Waals surface area contributed by atoms with Crippen LogP contribution in [0.4, 0.5) is 0 Å². The van der Waals surface area contributed by atoms with Gasteiger partial charge in [0.1, 0.15) is 0 Å². The van der Waals surface area contributed by atoms with Crippen LogP contribution in [0.2, 0.25) is 0 Å². The molecule has 0 radical (unpaired) electrons. The summed E-state index contributed by atoms with van der Waals surface area (Å²) >= 11 is 0. The standard InChI is InChI=1S/C14H25NO2/c1-3-11-6-5-7-12(11)15-9-8-14(4-2,10-15)13(16)17/h11-12H,3-10H2,1-2H3,(H,16,17). The van der Waals surface area contributed by atoms with Gasteiger partial charge in [0.15, 0.2) is 0 Å². The van der Waals surface area contributed by atoms with Gasteiger partial charge in [0.25, 0.3) is 0 Å². The highest BCUT2D eigenvalue weighted by Gasteiger charge is 2.46. The van der Waals surface area contributed by atoms with Gasteiger partial charge < -0.3 is 5.11 Å². The normalized spacial score (nSPS) is 38.7. The molecule has 2 fully saturated rings. The molecular formula is C14H25NO2. The van der Waals surface area contributed by atoms with Crippen LogP contribution in [0.5, 0.6) is 0 Å². The summed E-state index contributed by atoms with van der Waals surface area (Å²) in [5.74, 6) is 0.213. The fourth-order valence-corrected chi connectivity index (χ4v) is 3.78. The van der Waals surface area contributed by atoms with Crippen molar-refractivity contribution < 1.29 is 9.90 Å². The topological polar surface area (TPSA) is 40.5 Å². The van der Waals surface area contributed by atoms with Crippen molar-refractivity contribution in [1.82, 2.24) is 4.90 Å². The summed E-state index contributed by atoms with van der Waals surface area (Å²) in [4.78, 5) is 13.9. The summed E-state index contributed by atoms with van der Waals surface area (Å²) in [6.07, 6.45) is 6.79. The zero-order valence-corrected chi connectivity index (χ0v) is 11.1. The third kappa shape index (κ3) is 2.22. The molecule has 98 valence electrons. The van der Waals surface area contributed by atoms with Crippen LogP contribution in [0.3, 0.4) is 0 Å². The Morgan fingerprint density at radius 1 is 1.41 bits per heavy atom. The summed E-state index contributed by atoms with van der Waals surface area (Å²) < 4.78 is 0. The minimum atomic E-state index is -0.589. The van der Waals surface area contributed by atoms with E-state index in [1.54, 1.807) is 0 Å². The van der Waals surface area contributed by atoms with Gasteiger partial charge in [-0.3, -0.25) is 9.69 Å². The second-order valence-electron chi connectivity index (χ2n) is 5.83. The lowest BCUT2D eigenvalue weighted by atomic mass is 9.84. The Morgan fingerprint density at radius 3 is 2.71 bits per heavy atom. The first-order valence-electron chi connectivity index (χ1n) is 7.10. The Hall–Kier alpha value is -0.570. The largest absolute Gasteiger partial charge is 0.481 e. The highest BCUT2D eigenvalue weighted by molar-refractivity contribution is 5.75. The molecule has 0 bridgehead atoms. The van der Waals surface area contributed by atoms with Gasteiger partial charge in [-0.25, -0.2) is 0 Å². The van der Waals surface area contributed by atoms with Crippen molar-refractivity contribution in [2.45, 2.75) is 58.4 Å². The average molecular weight is 239 g/mol. The molecule has 1 saturated heterocycles. The van der Waals surface area contributed by atoms with Gasteiger partial charge in [0, 0.05) is 12.6 Å². The number of rotatable bonds is 4. The molecular weight excluding hydrogens is 214 g/mol. The maximum absolute atomic E-state index is 11.4. The Kier molecular flexibility index (Phi) is 3.76. The van der Waals surface area contributed by atoms with Crippen molar-refractivity contribution >= 4 is 5.97 Å². The van der Waals surface area contributed by atoms with E-state index in [2.05, 4.69) is 11.8 Å². The molecule has 0 amide bonds. The average Bonchev–Trinajstić information content (AvgIpc) is 2.95. The molecule has 2 rings (SSSR count). The minimum Gasteiger partial charge on any atom is -0.481 e. The number of carboxylic acid groups (broad SMARTS) is 1. The molecule has 1 heterocycles. The molecule has 1 aliphatic heterocycles. The lowest BCUT2D eigenvalue weighted by molar-refractivity contribution is -0.148. The Labute approximate surface area is 104 Å². The third-order valence-corrected chi connectivity index (χ3v) is 5.13. The van der Waals surface area contributed by atoms with Crippen molar-refractivity contribution in [2.75, 3.05) is 13.1 Å². The Balaban J connectivity index is 2.04. The molecule has 3 atom stereocenters. The van der Waals surface area contributed by atoms with E-state index in [-0.39, 0.29) is 0 Å². The van der Waals surface area contributed by atoms with E-state index < -0.39 is 11.4 Å². The molecule has 3 heteroatoms. The van der Waals surface area contributed by atoms with Gasteiger partial charge in [-0.15, -0.1) is 0 Å². The van der Waals surface area contributed by atoms with Crippen LogP contribution in [0, 0.1) is 11.3 Å². The number of carboxylic acids is 1. The van der Waals surface area contributed by atoms with Crippen LogP contribution in [-0.4, -0.2) is 35.1 Å². The molecule has 17 heavy (non-hydrogen) atoms. The summed E-state index contributed by atoms with van der Waals surface area (Å²) in [5, 5.41) is 9.42. The number of hydrogen-bond donors (Lipinski definition) is 1. The molecule has 0 aromatic carbocycles. The monoisotopic (exact) mass is 239 g/mol. The van der Waals surface area contributed by atoms with E-state index in [0.29, 0.717) is 6.04 Å². The van der Waals surface area contributed by atoms with Gasteiger partial charge in [-0.2, -0.15) is 0 Å². The highest BCUT2D eigenvalue weighted by atomic mass is 16.4. The Morgan fingerprint density at radius 2 is 2.18 bits per heavy atom. The van der Waals surface area contributed by atoms with Crippen molar-refractivity contribution in [3.8, 4) is 0 Å². The first-order valence-corrected chi connectivity index (χ1v) is 7.10. The zero-order chi connectivity index (χ0) is 12.5. The summed E-state index contributed by atoms with van der Waals surface area (Å²) in [7, 11) is 0. The second-order valence-corrected chi connectivity index (χ2v) is 5.83. The van der Waals surface area contributed by atoms with Crippen molar-refractivity contribution in [3.63, 3.8) is 0 Å². The van der Waals surface area contributed by atoms with Crippen LogP contribution in [0.25, 0.3) is 0 Å². The van der Waals surface area contributed by atoms with Gasteiger partial charge >= 0.3 is 5.97 Å². The molecule has 0 spiro atoms. The summed E-state index contributed by atoms with van der Waals surface area (Å²) in [5.41, 5.74) is -0.457. The number of hydrogen-bond acceptors (Lipinski definition) is 2. The first kappa shape index (κ1) is 12.9. The van der Waals surface area contributed by atoms with Crippen LogP contribution in [0.1, 0.15) is 52.4 Å². The fourth-order valence-electron chi connectivity index (χ4n) is 3.78. The van der Waals surface area contributed by atoms with Crippen LogP contribution < -0.4 is 0 Å². The van der Waals surface area contributed by atoms with Gasteiger partial charge in [0.05, 0.1) is 5.41 Å². The van der Waals surface area contributed by atoms with E-state index in [1.165, 1.54) is 25.7 Å². The molecule has 0 aromatic heterocycles. The number of carbonyl (C=O) groups is 1. The number of nitrogens with zero attached hydrogens (tertiary/aromatic N) is 1. The maximum Gasteiger partial charge on any atom is 0.310 e. The van der Waals surface area contributed by atoms with E-state index in [1.807, 2.05) is 6.92 Å². The molecule has 0 aromatic rings. The second kappa shape index (κ2) is 4.97. The van der Waals surface area contributed by atoms with Gasteiger partial charge in [0.2, 0.25) is 0 Å². The zero-order valence-electron chi connectivity index (χ0n) is 11.1. The predicted octanol–water partition coefficient (Wildman–Crippen LogP) is 2.75. The smallest absolute Gasteiger partial charge is 0.310 e. The fraction of sp³-hybridized carbons (Fsp3) is 0.929. The van der Waals surface area contributed by atoms with Crippen LogP contribution >= 0.6 is 0 Å². The Bertz CT molecular complexity index is 292. The minimum absolute atomic E-state index is 0.457. The summed E-state index contributed by atoms with van der Waals surface area (Å²) in [6, 6.07) is 0.660. The van der Waals surface area contributed by atoms with Crippen LogP contribution in [0.15, 0.2) is 0 Å². The molecule has 3 nitrogen and oxygen atoms in total. The lowest BCUT2D eigenvalue weighted by Gasteiger charge is -2.30. The predicted molar refractivity (Wildman–Crippen MR) is 68.0 cm³/mol. The van der Waals surface area contributed by atoms with Crippen molar-refractivity contribution in [2.24, 2.45) is 11.3 Å². The number of likely N-dealkylation sites (tertiary alicyclic amines) is 1. The molecule has 1 saturated carbocycles. The van der Waals surface area contributed by atoms with Crippen molar-refractivity contribution in [1.29, 1.82) is 0 Å². The molecule has 1 aliphatic carbocycles. The van der Waals surface area contributed by atoms with Gasteiger partial charge in [-0.05, 0) is 38.1 Å². The number of aliphatic carboxylic acids is 1. The van der Waals surface area contributed by atoms with Crippen molar-refractivity contribution in [3.05, 3.63) is 0 Å². The summed E-state index contributed by atoms with van der Waals surface area (Å²) in [6.45, 7) is 6.05. The van der Waals surface area contributed by atoms with E-state index in [9.17, 15) is 9.90 Å². The van der Waals surface area contributed by atoms with Gasteiger partial charge in [-0.1, -0.05) is 26.7 Å². The molecule has 3 unspecified atom stereocenters. The van der Waals surface area contributed by atoms with Crippen LogP contribution in [-0.2, 0) is 4.79 Å². The first-order chi connectivity index (χ1) is 8.13. The molecule has 2 aliphatic rings. The molecule has 1 N–H and O–H groups in total. The lowest BCUT2D eigenvalue weighted by Crippen LogP contribution is -2.40. The quantitative estimate of drug-likeness (QED) is 0.820. The van der Waals surface area contributed by atoms with E-state index >= 15 is 0 Å².